The fraction of sp³-hybridized carbons (Fsp3) is 0.867. The Labute approximate surface area is 506 Å². The van der Waals surface area contributed by atoms with Gasteiger partial charge < -0.3 is 20.3 Å². The lowest BCUT2D eigenvalue weighted by atomic mass is 10.0. The molecule has 0 aliphatic carbocycles. The topological polar surface area (TPSA) is 95.9 Å². The van der Waals surface area contributed by atoms with Gasteiger partial charge in [-0.05, 0) is 83.5 Å². The lowest BCUT2D eigenvalue weighted by Gasteiger charge is -2.20. The molecule has 6 heteroatoms. The third-order valence-corrected chi connectivity index (χ3v) is 16.8. The van der Waals surface area contributed by atoms with Gasteiger partial charge in [-0.3, -0.25) is 9.59 Å². The molecular weight excluding hydrogens is 995 g/mol. The number of amides is 1. The fourth-order valence-electron chi connectivity index (χ4n) is 11.2. The molecule has 2 atom stereocenters. The zero-order valence-electron chi connectivity index (χ0n) is 54.5. The molecule has 0 aliphatic rings. The van der Waals surface area contributed by atoms with E-state index in [0.29, 0.717) is 19.4 Å². The van der Waals surface area contributed by atoms with Gasteiger partial charge in [-0.25, -0.2) is 0 Å². The Hall–Kier alpha value is -2.18. The van der Waals surface area contributed by atoms with E-state index in [2.05, 4.69) is 55.6 Å². The third-order valence-electron chi connectivity index (χ3n) is 16.8. The van der Waals surface area contributed by atoms with Crippen molar-refractivity contribution in [2.75, 3.05) is 13.2 Å². The van der Waals surface area contributed by atoms with Crippen LogP contribution in [0.3, 0.4) is 0 Å². The number of hydrogen-bond acceptors (Lipinski definition) is 5. The first-order chi connectivity index (χ1) is 40.0. The summed E-state index contributed by atoms with van der Waals surface area (Å²) in [6, 6.07) is -0.625. The van der Waals surface area contributed by atoms with Crippen LogP contribution in [0.5, 0.6) is 0 Å². The van der Waals surface area contributed by atoms with Crippen LogP contribution in [0, 0.1) is 0 Å². The predicted molar refractivity (Wildman–Crippen MR) is 356 cm³/mol. The molecule has 0 heterocycles. The second-order valence-corrected chi connectivity index (χ2v) is 24.9. The van der Waals surface area contributed by atoms with Crippen LogP contribution in [0.15, 0.2) is 48.6 Å². The zero-order chi connectivity index (χ0) is 58.5. The molecule has 2 unspecified atom stereocenters. The van der Waals surface area contributed by atoms with Gasteiger partial charge in [0.25, 0.3) is 0 Å². The summed E-state index contributed by atoms with van der Waals surface area (Å²) in [5.74, 6) is -0.0571. The summed E-state index contributed by atoms with van der Waals surface area (Å²) in [6.07, 6.45) is 92.1. The molecule has 0 aromatic rings. The molecule has 6 nitrogen and oxygen atoms in total. The fourth-order valence-corrected chi connectivity index (χ4v) is 11.2. The van der Waals surface area contributed by atoms with Crippen molar-refractivity contribution in [2.24, 2.45) is 0 Å². The summed E-state index contributed by atoms with van der Waals surface area (Å²) >= 11 is 0. The Bertz CT molecular complexity index is 1360. The van der Waals surface area contributed by atoms with Crippen molar-refractivity contribution in [1.29, 1.82) is 0 Å². The molecule has 0 aromatic carbocycles. The van der Waals surface area contributed by atoms with Gasteiger partial charge in [0.2, 0.25) is 5.91 Å². The minimum atomic E-state index is -0.842. The van der Waals surface area contributed by atoms with Crippen LogP contribution in [0.25, 0.3) is 0 Å². The first-order valence-corrected chi connectivity index (χ1v) is 36.4. The first kappa shape index (κ1) is 78.8. The number of allylic oxidation sites excluding steroid dienone is 7. The average Bonchev–Trinajstić information content (AvgIpc) is 3.47. The van der Waals surface area contributed by atoms with Gasteiger partial charge in [-0.1, -0.05) is 345 Å². The average molecular weight is 1140 g/mol. The van der Waals surface area contributed by atoms with E-state index in [-0.39, 0.29) is 18.5 Å². The summed E-state index contributed by atoms with van der Waals surface area (Å²) < 4.78 is 5.48. The van der Waals surface area contributed by atoms with Crippen molar-refractivity contribution >= 4 is 11.9 Å². The minimum absolute atomic E-state index is 0.00535. The quantitative estimate of drug-likeness (QED) is 0.0320. The lowest BCUT2D eigenvalue weighted by molar-refractivity contribution is -0.143. The Balaban J connectivity index is 3.35. The molecule has 476 valence electrons. The molecule has 0 rings (SSSR count). The van der Waals surface area contributed by atoms with Crippen LogP contribution < -0.4 is 5.32 Å². The number of carbonyl (C=O) groups excluding carboxylic acids is 2. The number of aliphatic hydroxyl groups excluding tert-OH is 2. The molecule has 81 heavy (non-hydrogen) atoms. The lowest BCUT2D eigenvalue weighted by Crippen LogP contribution is -2.45. The van der Waals surface area contributed by atoms with Crippen molar-refractivity contribution in [2.45, 2.75) is 405 Å². The second-order valence-electron chi connectivity index (χ2n) is 24.9. The smallest absolute Gasteiger partial charge is 0.305 e. The maximum Gasteiger partial charge on any atom is 0.305 e. The summed E-state index contributed by atoms with van der Waals surface area (Å²) in [5, 5.41) is 23.2. The molecule has 0 spiro atoms. The van der Waals surface area contributed by atoms with Gasteiger partial charge in [-0.15, -0.1) is 0 Å². The number of esters is 1. The van der Waals surface area contributed by atoms with Crippen molar-refractivity contribution in [3.8, 4) is 0 Å². The number of aliphatic hydroxyl groups is 2. The molecule has 0 aromatic heterocycles. The van der Waals surface area contributed by atoms with Crippen LogP contribution in [-0.4, -0.2) is 47.4 Å². The van der Waals surface area contributed by atoms with Crippen molar-refractivity contribution in [1.82, 2.24) is 5.32 Å². The van der Waals surface area contributed by atoms with Gasteiger partial charge in [-0.2, -0.15) is 0 Å². The van der Waals surface area contributed by atoms with Crippen molar-refractivity contribution in [3.05, 3.63) is 48.6 Å². The van der Waals surface area contributed by atoms with E-state index in [0.717, 1.165) is 51.4 Å². The molecule has 0 radical (unpaired) electrons. The van der Waals surface area contributed by atoms with Crippen molar-refractivity contribution in [3.63, 3.8) is 0 Å². The highest BCUT2D eigenvalue weighted by molar-refractivity contribution is 5.76. The predicted octanol–water partition coefficient (Wildman–Crippen LogP) is 23.6. The number of nitrogens with one attached hydrogen (secondary N) is 1. The number of rotatable bonds is 68. The van der Waals surface area contributed by atoms with Gasteiger partial charge in [0.15, 0.2) is 0 Å². The van der Waals surface area contributed by atoms with E-state index in [1.807, 2.05) is 6.08 Å². The highest BCUT2D eigenvalue weighted by Gasteiger charge is 2.18. The Morgan fingerprint density at radius 1 is 0.346 bits per heavy atom. The molecule has 0 aliphatic heterocycles. The number of carbonyl (C=O) groups is 2. The zero-order valence-corrected chi connectivity index (χ0v) is 54.5. The third kappa shape index (κ3) is 66.8. The Kier molecular flexibility index (Phi) is 68.4. The maximum absolute atomic E-state index is 12.5. The molecule has 0 saturated heterocycles. The standard InChI is InChI=1S/C75H141NO5/c1-3-5-7-9-11-13-15-17-40-43-47-51-55-59-63-67-73(78)72(71-77)76-74(79)68-64-60-56-52-48-44-41-38-36-34-32-30-28-26-24-22-20-19-21-23-25-27-29-31-33-35-37-39-42-46-50-54-58-62-66-70-81-75(80)69-65-61-57-53-49-45-18-16-14-12-10-8-6-4-2/h10,12,16,18,21,23,63,67,72-73,77-78H,3-9,11,13-15,17,19-20,22,24-62,64-66,68-71H2,1-2H3,(H,76,79)/b12-10-,18-16-,23-21-,67-63+. The Morgan fingerprint density at radius 3 is 0.988 bits per heavy atom. The number of hydrogen-bond donors (Lipinski definition) is 3. The maximum atomic E-state index is 12.5. The first-order valence-electron chi connectivity index (χ1n) is 36.4. The van der Waals surface area contributed by atoms with E-state index < -0.39 is 12.1 Å². The second kappa shape index (κ2) is 70.3. The molecule has 0 bridgehead atoms. The monoisotopic (exact) mass is 1140 g/mol. The Morgan fingerprint density at radius 2 is 0.630 bits per heavy atom. The largest absolute Gasteiger partial charge is 0.466 e. The highest BCUT2D eigenvalue weighted by atomic mass is 16.5. The van der Waals surface area contributed by atoms with E-state index in [1.165, 1.54) is 315 Å². The van der Waals surface area contributed by atoms with Crippen LogP contribution in [0.2, 0.25) is 0 Å². The van der Waals surface area contributed by atoms with Crippen LogP contribution in [0.4, 0.5) is 0 Å². The molecule has 3 N–H and O–H groups in total. The SMILES string of the molecule is CCCC/C=C\C/C=C\CCCCCCCC(=O)OCCCCCCCCCCCCCCCC/C=C\CCCCCCCCCCCCCCCCCCCC(=O)NC(CO)C(O)/C=C/CCCCCCCCCCCCCCC. The van der Waals surface area contributed by atoms with Gasteiger partial charge in [0.05, 0.1) is 25.4 Å². The normalized spacial score (nSPS) is 12.8. The highest BCUT2D eigenvalue weighted by Crippen LogP contribution is 2.18. The number of ether oxygens (including phenoxy) is 1. The number of unbranched alkanes of at least 4 members (excludes halogenated alkanes) is 51. The molecule has 0 fully saturated rings. The van der Waals surface area contributed by atoms with E-state index in [9.17, 15) is 19.8 Å². The van der Waals surface area contributed by atoms with E-state index in [1.54, 1.807) is 6.08 Å². The summed E-state index contributed by atoms with van der Waals surface area (Å²) in [7, 11) is 0. The summed E-state index contributed by atoms with van der Waals surface area (Å²) in [6.45, 7) is 4.88. The molecule has 0 saturated carbocycles. The van der Waals surface area contributed by atoms with Crippen LogP contribution >= 0.6 is 0 Å². The minimum Gasteiger partial charge on any atom is -0.466 e. The van der Waals surface area contributed by atoms with E-state index >= 15 is 0 Å². The summed E-state index contributed by atoms with van der Waals surface area (Å²) in [5.41, 5.74) is 0. The molecular formula is C75H141NO5. The van der Waals surface area contributed by atoms with Crippen LogP contribution in [-0.2, 0) is 14.3 Å². The summed E-state index contributed by atoms with van der Waals surface area (Å²) in [4.78, 5) is 24.5. The van der Waals surface area contributed by atoms with Gasteiger partial charge in [0, 0.05) is 12.8 Å². The van der Waals surface area contributed by atoms with Crippen LogP contribution in [0.1, 0.15) is 393 Å². The van der Waals surface area contributed by atoms with Gasteiger partial charge in [0.1, 0.15) is 0 Å². The van der Waals surface area contributed by atoms with E-state index in [4.69, 9.17) is 4.74 Å². The van der Waals surface area contributed by atoms with Gasteiger partial charge >= 0.3 is 5.97 Å². The molecule has 1 amide bonds. The van der Waals surface area contributed by atoms with Crippen molar-refractivity contribution < 1.29 is 24.5 Å².